The molecule has 1 aromatic heterocycles. The van der Waals surface area contributed by atoms with E-state index < -0.39 is 6.10 Å². The van der Waals surface area contributed by atoms with E-state index in [1.807, 2.05) is 60.1 Å². The molecular formula is C25H31N3O3. The molecule has 6 nitrogen and oxygen atoms in total. The van der Waals surface area contributed by atoms with E-state index in [-0.39, 0.29) is 0 Å². The lowest BCUT2D eigenvalue weighted by Gasteiger charge is -2.25. The minimum Gasteiger partial charge on any atom is -0.439 e. The van der Waals surface area contributed by atoms with Gasteiger partial charge in [0.1, 0.15) is 5.75 Å². The monoisotopic (exact) mass is 421 g/mol. The van der Waals surface area contributed by atoms with Gasteiger partial charge in [0.2, 0.25) is 5.88 Å². The van der Waals surface area contributed by atoms with Crippen molar-refractivity contribution in [3.63, 3.8) is 0 Å². The standard InChI is InChI=1S/C25H31N3O3/c1-18-8-7-11-23(14-18)31-25-24(16-27(20-12-13-20)15-22(29)17-30-3)19(2)26-28(25)21-9-5-4-6-10-21/h4-11,14,20,22,29H,12-13,15-17H2,1-3H3/t22-/m0/s1. The number of hydrogen-bond acceptors (Lipinski definition) is 5. The molecule has 0 saturated heterocycles. The number of ether oxygens (including phenoxy) is 2. The number of benzene rings is 2. The largest absolute Gasteiger partial charge is 0.439 e. The summed E-state index contributed by atoms with van der Waals surface area (Å²) in [7, 11) is 1.62. The molecule has 1 aliphatic carbocycles. The Hall–Kier alpha value is -2.67. The molecule has 6 heteroatoms. The van der Waals surface area contributed by atoms with E-state index in [4.69, 9.17) is 14.6 Å². The molecule has 2 aromatic carbocycles. The first-order valence-electron chi connectivity index (χ1n) is 10.8. The van der Waals surface area contributed by atoms with Crippen molar-refractivity contribution in [2.45, 2.75) is 45.4 Å². The zero-order chi connectivity index (χ0) is 21.8. The average molecular weight is 422 g/mol. The molecule has 0 spiro atoms. The van der Waals surface area contributed by atoms with E-state index >= 15 is 0 Å². The van der Waals surface area contributed by atoms with Crippen molar-refractivity contribution in [2.75, 3.05) is 20.3 Å². The van der Waals surface area contributed by atoms with Gasteiger partial charge < -0.3 is 14.6 Å². The predicted molar refractivity (Wildman–Crippen MR) is 121 cm³/mol. The minimum absolute atomic E-state index is 0.331. The lowest BCUT2D eigenvalue weighted by molar-refractivity contribution is 0.0335. The minimum atomic E-state index is -0.517. The molecule has 1 saturated carbocycles. The van der Waals surface area contributed by atoms with Crippen LogP contribution in [0.3, 0.4) is 0 Å². The zero-order valence-electron chi connectivity index (χ0n) is 18.5. The van der Waals surface area contributed by atoms with Gasteiger partial charge in [0.25, 0.3) is 0 Å². The fraction of sp³-hybridized carbons (Fsp3) is 0.400. The van der Waals surface area contributed by atoms with Gasteiger partial charge in [-0.3, -0.25) is 4.90 Å². The van der Waals surface area contributed by atoms with Crippen LogP contribution in [0.2, 0.25) is 0 Å². The number of methoxy groups -OCH3 is 1. The molecule has 0 amide bonds. The fourth-order valence-corrected chi connectivity index (χ4v) is 3.86. The molecule has 0 bridgehead atoms. The van der Waals surface area contributed by atoms with Crippen LogP contribution in [0.4, 0.5) is 0 Å². The van der Waals surface area contributed by atoms with Crippen LogP contribution in [0.15, 0.2) is 54.6 Å². The van der Waals surface area contributed by atoms with E-state index in [1.54, 1.807) is 7.11 Å². The third-order valence-corrected chi connectivity index (χ3v) is 5.57. The van der Waals surface area contributed by atoms with Crippen LogP contribution in [-0.4, -0.2) is 52.2 Å². The van der Waals surface area contributed by atoms with Gasteiger partial charge in [-0.1, -0.05) is 30.3 Å². The van der Waals surface area contributed by atoms with Gasteiger partial charge in [0.15, 0.2) is 0 Å². The Morgan fingerprint density at radius 1 is 1.13 bits per heavy atom. The van der Waals surface area contributed by atoms with Crippen molar-refractivity contribution in [3.05, 3.63) is 71.4 Å². The van der Waals surface area contributed by atoms with Gasteiger partial charge in [0, 0.05) is 26.2 Å². The van der Waals surface area contributed by atoms with Crippen LogP contribution in [0.25, 0.3) is 5.69 Å². The Morgan fingerprint density at radius 3 is 2.58 bits per heavy atom. The first kappa shape index (κ1) is 21.6. The third-order valence-electron chi connectivity index (χ3n) is 5.57. The summed E-state index contributed by atoms with van der Waals surface area (Å²) < 4.78 is 13.5. The summed E-state index contributed by atoms with van der Waals surface area (Å²) in [4.78, 5) is 2.33. The van der Waals surface area contributed by atoms with E-state index in [1.165, 1.54) is 0 Å². The lowest BCUT2D eigenvalue weighted by atomic mass is 10.2. The highest BCUT2D eigenvalue weighted by Crippen LogP contribution is 2.35. The summed E-state index contributed by atoms with van der Waals surface area (Å²) in [5, 5.41) is 15.2. The summed E-state index contributed by atoms with van der Waals surface area (Å²) in [6.45, 7) is 5.65. The maximum Gasteiger partial charge on any atom is 0.227 e. The van der Waals surface area contributed by atoms with Gasteiger partial charge in [-0.25, -0.2) is 4.68 Å². The maximum atomic E-state index is 10.3. The van der Waals surface area contributed by atoms with Crippen LogP contribution in [0.5, 0.6) is 11.6 Å². The molecule has 164 valence electrons. The number of nitrogens with zero attached hydrogens (tertiary/aromatic N) is 3. The smallest absolute Gasteiger partial charge is 0.227 e. The third kappa shape index (κ3) is 5.34. The Kier molecular flexibility index (Phi) is 6.70. The number of aliphatic hydroxyl groups excluding tert-OH is 1. The first-order chi connectivity index (χ1) is 15.0. The highest BCUT2D eigenvalue weighted by molar-refractivity contribution is 5.43. The zero-order valence-corrected chi connectivity index (χ0v) is 18.5. The number of rotatable bonds is 10. The summed E-state index contributed by atoms with van der Waals surface area (Å²) >= 11 is 0. The van der Waals surface area contributed by atoms with Crippen LogP contribution >= 0.6 is 0 Å². The van der Waals surface area contributed by atoms with E-state index in [9.17, 15) is 5.11 Å². The van der Waals surface area contributed by atoms with Crippen molar-refractivity contribution in [2.24, 2.45) is 0 Å². The summed E-state index contributed by atoms with van der Waals surface area (Å²) in [6.07, 6.45) is 1.79. The van der Waals surface area contributed by atoms with Gasteiger partial charge in [-0.05, 0) is 56.5 Å². The molecule has 1 fully saturated rings. The fourth-order valence-electron chi connectivity index (χ4n) is 3.86. The number of aromatic nitrogens is 2. The highest BCUT2D eigenvalue weighted by atomic mass is 16.5. The SMILES string of the molecule is COC[C@@H](O)CN(Cc1c(C)nn(-c2ccccc2)c1Oc1cccc(C)c1)C1CC1. The summed E-state index contributed by atoms with van der Waals surface area (Å²) in [5.74, 6) is 1.51. The van der Waals surface area contributed by atoms with Crippen LogP contribution in [0.1, 0.15) is 29.7 Å². The lowest BCUT2D eigenvalue weighted by Crippen LogP contribution is -2.36. The maximum absolute atomic E-state index is 10.3. The number of para-hydroxylation sites is 1. The number of aliphatic hydroxyl groups is 1. The Labute approximate surface area is 184 Å². The average Bonchev–Trinajstić information content (AvgIpc) is 3.55. The second-order valence-corrected chi connectivity index (χ2v) is 8.30. The van der Waals surface area contributed by atoms with Gasteiger partial charge in [-0.2, -0.15) is 5.10 Å². The number of hydrogen-bond donors (Lipinski definition) is 1. The van der Waals surface area contributed by atoms with Gasteiger partial charge in [-0.15, -0.1) is 0 Å². The van der Waals surface area contributed by atoms with Crippen molar-refractivity contribution in [1.82, 2.24) is 14.7 Å². The quantitative estimate of drug-likeness (QED) is 0.530. The van der Waals surface area contributed by atoms with Crippen molar-refractivity contribution in [3.8, 4) is 17.3 Å². The molecule has 1 atom stereocenters. The molecule has 31 heavy (non-hydrogen) atoms. The van der Waals surface area contributed by atoms with E-state index in [0.717, 1.165) is 47.0 Å². The molecule has 3 aromatic rings. The molecular weight excluding hydrogens is 390 g/mol. The molecule has 0 aliphatic heterocycles. The Balaban J connectivity index is 1.69. The predicted octanol–water partition coefficient (Wildman–Crippen LogP) is 4.25. The van der Waals surface area contributed by atoms with Crippen LogP contribution in [0, 0.1) is 13.8 Å². The molecule has 1 heterocycles. The van der Waals surface area contributed by atoms with Gasteiger partial charge in [0.05, 0.1) is 29.7 Å². The second kappa shape index (κ2) is 9.64. The highest BCUT2D eigenvalue weighted by Gasteiger charge is 2.32. The topological polar surface area (TPSA) is 59.8 Å². The summed E-state index contributed by atoms with van der Waals surface area (Å²) in [6, 6.07) is 18.6. The summed E-state index contributed by atoms with van der Waals surface area (Å²) in [5.41, 5.74) is 4.07. The number of aryl methyl sites for hydroxylation is 2. The molecule has 0 radical (unpaired) electrons. The molecule has 1 aliphatic rings. The van der Waals surface area contributed by atoms with Crippen molar-refractivity contribution < 1.29 is 14.6 Å². The van der Waals surface area contributed by atoms with E-state index in [2.05, 4.69) is 17.9 Å². The van der Waals surface area contributed by atoms with Crippen LogP contribution in [-0.2, 0) is 11.3 Å². The Morgan fingerprint density at radius 2 is 1.90 bits per heavy atom. The Bertz CT molecular complexity index is 999. The normalized spacial score (nSPS) is 14.7. The molecule has 4 rings (SSSR count). The molecule has 1 N–H and O–H groups in total. The van der Waals surface area contributed by atoms with Crippen molar-refractivity contribution >= 4 is 0 Å². The van der Waals surface area contributed by atoms with Crippen LogP contribution < -0.4 is 4.74 Å². The van der Waals surface area contributed by atoms with Gasteiger partial charge >= 0.3 is 0 Å². The van der Waals surface area contributed by atoms with Crippen molar-refractivity contribution in [1.29, 1.82) is 0 Å². The second-order valence-electron chi connectivity index (χ2n) is 8.30. The molecule has 0 unspecified atom stereocenters. The van der Waals surface area contributed by atoms with E-state index in [0.29, 0.717) is 25.7 Å². The first-order valence-corrected chi connectivity index (χ1v) is 10.8.